The molecule has 12 rings (SSSR count). The zero-order valence-corrected chi connectivity index (χ0v) is 32.9. The van der Waals surface area contributed by atoms with E-state index < -0.39 is 0 Å². The van der Waals surface area contributed by atoms with Crippen LogP contribution in [0.3, 0.4) is 0 Å². The van der Waals surface area contributed by atoms with Crippen LogP contribution in [0.5, 0.6) is 0 Å². The van der Waals surface area contributed by atoms with Crippen molar-refractivity contribution in [2.45, 2.75) is 0 Å². The molecule has 0 unspecified atom stereocenters. The van der Waals surface area contributed by atoms with E-state index in [4.69, 9.17) is 0 Å². The highest BCUT2D eigenvalue weighted by atomic mass is 32.1. The first-order chi connectivity index (χ1) is 29.3. The molecule has 0 fully saturated rings. The molecule has 0 atom stereocenters. The number of thiophene rings is 1. The lowest BCUT2D eigenvalue weighted by Gasteiger charge is -2.26. The van der Waals surface area contributed by atoms with E-state index in [0.29, 0.717) is 0 Å². The Hall–Kier alpha value is -7.46. The van der Waals surface area contributed by atoms with Crippen molar-refractivity contribution in [3.8, 4) is 33.4 Å². The van der Waals surface area contributed by atoms with E-state index in [9.17, 15) is 0 Å². The zero-order valence-electron chi connectivity index (χ0n) is 32.1. The molecule has 276 valence electrons. The molecule has 0 saturated heterocycles. The fourth-order valence-corrected chi connectivity index (χ4v) is 10.4. The number of hydrogen-bond acceptors (Lipinski definition) is 2. The van der Waals surface area contributed by atoms with Gasteiger partial charge in [0.2, 0.25) is 0 Å². The first-order valence-corrected chi connectivity index (χ1v) is 21.0. The lowest BCUT2D eigenvalue weighted by atomic mass is 9.97. The van der Waals surface area contributed by atoms with Gasteiger partial charge < -0.3 is 9.30 Å². The summed E-state index contributed by atoms with van der Waals surface area (Å²) in [5.41, 5.74) is 13.2. The van der Waals surface area contributed by atoms with Crippen molar-refractivity contribution in [2.75, 3.05) is 4.90 Å². The van der Waals surface area contributed by atoms with Crippen molar-refractivity contribution >= 4 is 86.5 Å². The zero-order chi connectivity index (χ0) is 38.9. The molecular formula is C56H36N2S. The van der Waals surface area contributed by atoms with Crippen molar-refractivity contribution in [1.82, 2.24) is 4.40 Å². The summed E-state index contributed by atoms with van der Waals surface area (Å²) in [6.45, 7) is 0. The van der Waals surface area contributed by atoms with Crippen LogP contribution in [0.15, 0.2) is 219 Å². The molecule has 3 aromatic heterocycles. The van der Waals surface area contributed by atoms with Crippen LogP contribution in [0.25, 0.3) is 91.5 Å². The molecule has 3 heteroatoms. The predicted octanol–water partition coefficient (Wildman–Crippen LogP) is 16.2. The molecular weight excluding hydrogens is 733 g/mol. The van der Waals surface area contributed by atoms with Crippen molar-refractivity contribution in [1.29, 1.82) is 0 Å². The Morgan fingerprint density at radius 2 is 0.966 bits per heavy atom. The highest BCUT2D eigenvalue weighted by Crippen LogP contribution is 2.46. The van der Waals surface area contributed by atoms with Gasteiger partial charge in [-0.2, -0.15) is 0 Å². The van der Waals surface area contributed by atoms with Gasteiger partial charge in [-0.3, -0.25) is 0 Å². The van der Waals surface area contributed by atoms with Gasteiger partial charge in [0, 0.05) is 49.6 Å². The highest BCUT2D eigenvalue weighted by molar-refractivity contribution is 7.26. The first-order valence-electron chi connectivity index (χ1n) is 20.2. The molecule has 9 aromatic carbocycles. The predicted molar refractivity (Wildman–Crippen MR) is 254 cm³/mol. The van der Waals surface area contributed by atoms with E-state index in [1.54, 1.807) is 0 Å². The van der Waals surface area contributed by atoms with Crippen molar-refractivity contribution < 1.29 is 0 Å². The number of fused-ring (bicyclic) bond motifs is 8. The third-order valence-corrected chi connectivity index (χ3v) is 13.2. The van der Waals surface area contributed by atoms with Gasteiger partial charge in [0.1, 0.15) is 0 Å². The van der Waals surface area contributed by atoms with Gasteiger partial charge in [-0.15, -0.1) is 11.3 Å². The lowest BCUT2D eigenvalue weighted by molar-refractivity contribution is 1.28. The van der Waals surface area contributed by atoms with E-state index in [0.717, 1.165) is 11.4 Å². The molecule has 12 aromatic rings. The van der Waals surface area contributed by atoms with Crippen LogP contribution < -0.4 is 4.90 Å². The number of nitrogens with zero attached hydrogens (tertiary/aromatic N) is 2. The van der Waals surface area contributed by atoms with Gasteiger partial charge in [0.15, 0.2) is 0 Å². The molecule has 0 radical (unpaired) electrons. The summed E-state index contributed by atoms with van der Waals surface area (Å²) in [5.74, 6) is 0. The Bertz CT molecular complexity index is 3540. The maximum atomic E-state index is 2.43. The number of hydrogen-bond donors (Lipinski definition) is 0. The molecule has 59 heavy (non-hydrogen) atoms. The quantitative estimate of drug-likeness (QED) is 0.163. The van der Waals surface area contributed by atoms with E-state index in [-0.39, 0.29) is 0 Å². The Labute approximate surface area is 346 Å². The maximum absolute atomic E-state index is 2.43. The molecule has 3 heterocycles. The summed E-state index contributed by atoms with van der Waals surface area (Å²) < 4.78 is 4.99. The fourth-order valence-electron chi connectivity index (χ4n) is 9.24. The monoisotopic (exact) mass is 768 g/mol. The third-order valence-electron chi connectivity index (χ3n) is 12.0. The van der Waals surface area contributed by atoms with Gasteiger partial charge in [0.25, 0.3) is 0 Å². The van der Waals surface area contributed by atoms with Crippen LogP contribution in [0, 0.1) is 0 Å². The molecule has 0 saturated carbocycles. The topological polar surface area (TPSA) is 7.65 Å². The van der Waals surface area contributed by atoms with Gasteiger partial charge in [0.05, 0.1) is 21.4 Å². The highest BCUT2D eigenvalue weighted by Gasteiger charge is 2.21. The van der Waals surface area contributed by atoms with Crippen LogP contribution in [-0.4, -0.2) is 4.40 Å². The van der Waals surface area contributed by atoms with Crippen LogP contribution >= 0.6 is 11.3 Å². The number of rotatable bonds is 6. The minimum absolute atomic E-state index is 1.11. The molecule has 0 aliphatic rings. The molecule has 0 spiro atoms. The van der Waals surface area contributed by atoms with Gasteiger partial charge >= 0.3 is 0 Å². The Morgan fingerprint density at radius 1 is 0.390 bits per heavy atom. The molecule has 2 nitrogen and oxygen atoms in total. The molecule has 0 aliphatic carbocycles. The average Bonchev–Trinajstić information content (AvgIpc) is 3.85. The minimum atomic E-state index is 1.11. The third kappa shape index (κ3) is 5.47. The Kier molecular flexibility index (Phi) is 7.75. The summed E-state index contributed by atoms with van der Waals surface area (Å²) in [6.07, 6.45) is 2.31. The second kappa shape index (κ2) is 13.6. The number of benzene rings is 9. The SMILES string of the molecule is c1ccc(-c2c3cccc(-c4ccc(N(c5ccc(-c6cccc7ccccc67)cc5)c5cccc6c5sc5ccccc56)cc4)c3n3cc4ccccc4cc23)cc1. The second-order valence-corrected chi connectivity index (χ2v) is 16.4. The van der Waals surface area contributed by atoms with E-state index in [1.165, 1.54) is 97.2 Å². The van der Waals surface area contributed by atoms with Crippen molar-refractivity contribution in [2.24, 2.45) is 0 Å². The van der Waals surface area contributed by atoms with Crippen LogP contribution in [0.1, 0.15) is 0 Å². The standard InChI is InChI=1S/C56H36N2S/c1-2-14-40(15-3-1)54-50-24-11-22-47(55(50)57-36-42-17-5-4-16-41(42)35-52(54)57)39-29-33-44(34-30-39)58(51-25-12-23-49-48-20-8-9-26-53(48)59-56(49)51)43-31-27-38(28-32-43)46-21-10-18-37-13-6-7-19-45(37)46/h1-36H. The smallest absolute Gasteiger partial charge is 0.0640 e. The van der Waals surface area contributed by atoms with Crippen LogP contribution in [0.4, 0.5) is 17.1 Å². The lowest BCUT2D eigenvalue weighted by Crippen LogP contribution is -2.10. The molecule has 0 amide bonds. The average molecular weight is 769 g/mol. The first kappa shape index (κ1) is 33.7. The largest absolute Gasteiger partial charge is 0.315 e. The summed E-state index contributed by atoms with van der Waals surface area (Å²) in [5, 5.41) is 8.80. The van der Waals surface area contributed by atoms with E-state index in [1.807, 2.05) is 11.3 Å². The fraction of sp³-hybridized carbons (Fsp3) is 0. The maximum Gasteiger partial charge on any atom is 0.0640 e. The molecule has 0 bridgehead atoms. The van der Waals surface area contributed by atoms with Crippen LogP contribution in [0.2, 0.25) is 0 Å². The number of aromatic nitrogens is 1. The number of pyridine rings is 1. The summed E-state index contributed by atoms with van der Waals surface area (Å²) in [7, 11) is 0. The Balaban J connectivity index is 1.03. The van der Waals surface area contributed by atoms with Gasteiger partial charge in [-0.05, 0) is 86.3 Å². The molecule has 0 N–H and O–H groups in total. The van der Waals surface area contributed by atoms with Crippen molar-refractivity contribution in [3.05, 3.63) is 219 Å². The normalized spacial score (nSPS) is 11.7. The van der Waals surface area contributed by atoms with Crippen LogP contribution in [-0.2, 0) is 0 Å². The van der Waals surface area contributed by atoms with Gasteiger partial charge in [-0.25, -0.2) is 0 Å². The summed E-state index contributed by atoms with van der Waals surface area (Å²) in [4.78, 5) is 2.43. The molecule has 0 aliphatic heterocycles. The van der Waals surface area contributed by atoms with Crippen molar-refractivity contribution in [3.63, 3.8) is 0 Å². The summed E-state index contributed by atoms with van der Waals surface area (Å²) in [6, 6.07) is 77.6. The van der Waals surface area contributed by atoms with E-state index in [2.05, 4.69) is 228 Å². The number of anilines is 3. The Morgan fingerprint density at radius 3 is 1.76 bits per heavy atom. The second-order valence-electron chi connectivity index (χ2n) is 15.3. The summed E-state index contributed by atoms with van der Waals surface area (Å²) >= 11 is 1.87. The number of para-hydroxylation sites is 1. The minimum Gasteiger partial charge on any atom is -0.315 e. The van der Waals surface area contributed by atoms with E-state index >= 15 is 0 Å². The van der Waals surface area contributed by atoms with Gasteiger partial charge in [-0.1, -0.05) is 170 Å².